The molecule has 0 aliphatic heterocycles. The SMILES string of the molecule is CC(N)Cn1nc[nH]c1=O. The molecule has 0 radical (unpaired) electrons. The van der Waals surface area contributed by atoms with Crippen molar-refractivity contribution in [1.29, 1.82) is 0 Å². The van der Waals surface area contributed by atoms with Crippen LogP contribution in [-0.2, 0) is 6.54 Å². The molecular formula is C5H10N4O. The number of aromatic amines is 1. The van der Waals surface area contributed by atoms with Gasteiger partial charge in [0.05, 0.1) is 6.54 Å². The Kier molecular flexibility index (Phi) is 1.86. The molecule has 5 heteroatoms. The van der Waals surface area contributed by atoms with E-state index in [-0.39, 0.29) is 11.7 Å². The Bertz CT molecular complexity index is 248. The number of aromatic nitrogens is 3. The lowest BCUT2D eigenvalue weighted by Crippen LogP contribution is -2.29. The van der Waals surface area contributed by atoms with Crippen molar-refractivity contribution in [3.63, 3.8) is 0 Å². The summed E-state index contributed by atoms with van der Waals surface area (Å²) in [5.74, 6) is 0. The van der Waals surface area contributed by atoms with Gasteiger partial charge in [0.25, 0.3) is 0 Å². The minimum Gasteiger partial charge on any atom is -0.326 e. The van der Waals surface area contributed by atoms with Crippen molar-refractivity contribution < 1.29 is 0 Å². The van der Waals surface area contributed by atoms with Crippen molar-refractivity contribution in [2.24, 2.45) is 5.73 Å². The van der Waals surface area contributed by atoms with E-state index in [1.165, 1.54) is 11.0 Å². The monoisotopic (exact) mass is 142 g/mol. The second-order valence-corrected chi connectivity index (χ2v) is 2.25. The Labute approximate surface area is 57.9 Å². The lowest BCUT2D eigenvalue weighted by molar-refractivity contribution is 0.523. The van der Waals surface area contributed by atoms with Crippen LogP contribution < -0.4 is 11.4 Å². The molecule has 1 unspecified atom stereocenters. The van der Waals surface area contributed by atoms with Gasteiger partial charge >= 0.3 is 5.69 Å². The third-order valence-corrected chi connectivity index (χ3v) is 1.08. The Morgan fingerprint density at radius 2 is 2.70 bits per heavy atom. The Morgan fingerprint density at radius 3 is 3.10 bits per heavy atom. The molecular weight excluding hydrogens is 132 g/mol. The Hall–Kier alpha value is -1.10. The van der Waals surface area contributed by atoms with Crippen molar-refractivity contribution in [1.82, 2.24) is 14.8 Å². The molecule has 1 atom stereocenters. The standard InChI is InChI=1S/C5H10N4O/c1-4(6)2-9-5(10)7-3-8-9/h3-4H,2,6H2,1H3,(H,7,8,10). The van der Waals surface area contributed by atoms with Gasteiger partial charge in [0, 0.05) is 6.04 Å². The molecule has 5 nitrogen and oxygen atoms in total. The number of hydrogen-bond donors (Lipinski definition) is 2. The molecule has 0 saturated carbocycles. The van der Waals surface area contributed by atoms with E-state index in [4.69, 9.17) is 5.73 Å². The number of nitrogens with zero attached hydrogens (tertiary/aromatic N) is 2. The summed E-state index contributed by atoms with van der Waals surface area (Å²) in [6.45, 7) is 2.28. The molecule has 0 aliphatic rings. The molecule has 10 heavy (non-hydrogen) atoms. The maximum atomic E-state index is 10.7. The third kappa shape index (κ3) is 1.44. The average molecular weight is 142 g/mol. The highest BCUT2D eigenvalue weighted by molar-refractivity contribution is 4.62. The summed E-state index contributed by atoms with van der Waals surface area (Å²) in [4.78, 5) is 13.2. The van der Waals surface area contributed by atoms with Gasteiger partial charge < -0.3 is 5.73 Å². The first-order chi connectivity index (χ1) is 4.70. The second-order valence-electron chi connectivity index (χ2n) is 2.25. The first kappa shape index (κ1) is 7.01. The van der Waals surface area contributed by atoms with Crippen LogP contribution in [0, 0.1) is 0 Å². The predicted molar refractivity (Wildman–Crippen MR) is 36.5 cm³/mol. The highest BCUT2D eigenvalue weighted by atomic mass is 16.1. The van der Waals surface area contributed by atoms with Crippen LogP contribution in [0.4, 0.5) is 0 Å². The van der Waals surface area contributed by atoms with E-state index in [0.29, 0.717) is 6.54 Å². The van der Waals surface area contributed by atoms with Crippen LogP contribution in [-0.4, -0.2) is 20.8 Å². The quantitative estimate of drug-likeness (QED) is 0.551. The van der Waals surface area contributed by atoms with Crippen LogP contribution in [0.5, 0.6) is 0 Å². The summed E-state index contributed by atoms with van der Waals surface area (Å²) < 4.78 is 1.30. The predicted octanol–water partition coefficient (Wildman–Crippen LogP) is -1.08. The van der Waals surface area contributed by atoms with Crippen molar-refractivity contribution in [2.75, 3.05) is 0 Å². The van der Waals surface area contributed by atoms with Crippen molar-refractivity contribution in [3.8, 4) is 0 Å². The molecule has 0 aromatic carbocycles. The highest BCUT2D eigenvalue weighted by Gasteiger charge is 1.99. The van der Waals surface area contributed by atoms with Gasteiger partial charge in [-0.15, -0.1) is 0 Å². The number of H-pyrrole nitrogens is 1. The molecule has 0 aliphatic carbocycles. The van der Waals surface area contributed by atoms with E-state index in [2.05, 4.69) is 10.1 Å². The molecule has 3 N–H and O–H groups in total. The Morgan fingerprint density at radius 1 is 2.00 bits per heavy atom. The van der Waals surface area contributed by atoms with E-state index < -0.39 is 0 Å². The lowest BCUT2D eigenvalue weighted by Gasteiger charge is -2.01. The summed E-state index contributed by atoms with van der Waals surface area (Å²) >= 11 is 0. The van der Waals surface area contributed by atoms with Gasteiger partial charge in [-0.25, -0.2) is 9.48 Å². The fourth-order valence-electron chi connectivity index (χ4n) is 0.684. The smallest absolute Gasteiger partial charge is 0.326 e. The average Bonchev–Trinajstić information content (AvgIpc) is 2.15. The summed E-state index contributed by atoms with van der Waals surface area (Å²) in [5, 5.41) is 3.72. The van der Waals surface area contributed by atoms with Crippen LogP contribution in [0.2, 0.25) is 0 Å². The summed E-state index contributed by atoms with van der Waals surface area (Å²) in [7, 11) is 0. The zero-order valence-electron chi connectivity index (χ0n) is 5.74. The van der Waals surface area contributed by atoms with Crippen molar-refractivity contribution in [3.05, 3.63) is 16.8 Å². The van der Waals surface area contributed by atoms with Crippen LogP contribution in [0.15, 0.2) is 11.1 Å². The largest absolute Gasteiger partial charge is 0.343 e. The van der Waals surface area contributed by atoms with Crippen molar-refractivity contribution in [2.45, 2.75) is 19.5 Å². The molecule has 0 bridgehead atoms. The van der Waals surface area contributed by atoms with Gasteiger partial charge in [-0.2, -0.15) is 5.10 Å². The van der Waals surface area contributed by atoms with E-state index >= 15 is 0 Å². The molecule has 0 saturated heterocycles. The maximum absolute atomic E-state index is 10.7. The fraction of sp³-hybridized carbons (Fsp3) is 0.600. The number of nitrogens with one attached hydrogen (secondary N) is 1. The minimum absolute atomic E-state index is 0.0407. The van der Waals surface area contributed by atoms with Gasteiger partial charge in [0.1, 0.15) is 6.33 Å². The van der Waals surface area contributed by atoms with Crippen molar-refractivity contribution >= 4 is 0 Å². The first-order valence-corrected chi connectivity index (χ1v) is 3.06. The highest BCUT2D eigenvalue weighted by Crippen LogP contribution is 1.78. The number of hydrogen-bond acceptors (Lipinski definition) is 3. The molecule has 1 heterocycles. The zero-order valence-corrected chi connectivity index (χ0v) is 5.74. The molecule has 0 amide bonds. The van der Waals surface area contributed by atoms with Crippen LogP contribution in [0.1, 0.15) is 6.92 Å². The van der Waals surface area contributed by atoms with E-state index in [1.54, 1.807) is 0 Å². The van der Waals surface area contributed by atoms with E-state index in [0.717, 1.165) is 0 Å². The first-order valence-electron chi connectivity index (χ1n) is 3.06. The minimum atomic E-state index is -0.211. The van der Waals surface area contributed by atoms with Gasteiger partial charge in [0.15, 0.2) is 0 Å². The van der Waals surface area contributed by atoms with Gasteiger partial charge in [-0.05, 0) is 6.92 Å². The molecule has 56 valence electrons. The molecule has 0 fully saturated rings. The van der Waals surface area contributed by atoms with Crippen LogP contribution in [0.25, 0.3) is 0 Å². The second kappa shape index (κ2) is 2.66. The van der Waals surface area contributed by atoms with E-state index in [1.807, 2.05) is 6.92 Å². The molecule has 1 aromatic heterocycles. The summed E-state index contributed by atoms with van der Waals surface area (Å²) in [5.41, 5.74) is 5.23. The third-order valence-electron chi connectivity index (χ3n) is 1.08. The number of nitrogens with two attached hydrogens (primary N) is 1. The van der Waals surface area contributed by atoms with Crippen LogP contribution in [0.3, 0.4) is 0 Å². The van der Waals surface area contributed by atoms with E-state index in [9.17, 15) is 4.79 Å². The van der Waals surface area contributed by atoms with Gasteiger partial charge in [-0.3, -0.25) is 4.98 Å². The zero-order chi connectivity index (χ0) is 7.56. The Balaban J connectivity index is 2.75. The van der Waals surface area contributed by atoms with Crippen LogP contribution >= 0.6 is 0 Å². The fourth-order valence-corrected chi connectivity index (χ4v) is 0.684. The van der Waals surface area contributed by atoms with Gasteiger partial charge in [0.2, 0.25) is 0 Å². The summed E-state index contributed by atoms with van der Waals surface area (Å²) in [6, 6.07) is -0.0407. The maximum Gasteiger partial charge on any atom is 0.343 e. The number of rotatable bonds is 2. The summed E-state index contributed by atoms with van der Waals surface area (Å²) in [6.07, 6.45) is 1.35. The molecule has 1 aromatic rings. The topological polar surface area (TPSA) is 76.7 Å². The molecule has 1 rings (SSSR count). The lowest BCUT2D eigenvalue weighted by atomic mass is 10.4. The molecule has 0 spiro atoms. The van der Waals surface area contributed by atoms with Gasteiger partial charge in [-0.1, -0.05) is 0 Å². The normalized spacial score (nSPS) is 13.4.